The Balaban J connectivity index is 2.77. The lowest BCUT2D eigenvalue weighted by atomic mass is 10.0. The molecule has 0 aliphatic rings. The van der Waals surface area contributed by atoms with Crippen molar-refractivity contribution < 1.29 is 4.21 Å². The smallest absolute Gasteiger partial charge is 0.0558 e. The van der Waals surface area contributed by atoms with Crippen molar-refractivity contribution in [2.24, 2.45) is 5.73 Å². The van der Waals surface area contributed by atoms with E-state index in [4.69, 9.17) is 5.73 Å². The molecule has 0 radical (unpaired) electrons. The van der Waals surface area contributed by atoms with E-state index in [9.17, 15) is 4.21 Å². The molecule has 2 nitrogen and oxygen atoms in total. The maximum Gasteiger partial charge on any atom is 0.0558 e. The van der Waals surface area contributed by atoms with Gasteiger partial charge in [0.1, 0.15) is 0 Å². The number of hydrogen-bond acceptors (Lipinski definition) is 2. The Hall–Kier alpha value is -0.670. The topological polar surface area (TPSA) is 43.1 Å². The molecule has 1 aromatic rings. The molecule has 3 heteroatoms. The van der Waals surface area contributed by atoms with Gasteiger partial charge >= 0.3 is 0 Å². The van der Waals surface area contributed by atoms with Crippen LogP contribution in [0.3, 0.4) is 0 Å². The third kappa shape index (κ3) is 3.42. The monoisotopic (exact) mass is 239 g/mol. The molecule has 0 aliphatic carbocycles. The highest BCUT2D eigenvalue weighted by Gasteiger charge is 2.12. The van der Waals surface area contributed by atoms with Gasteiger partial charge in [0.25, 0.3) is 0 Å². The summed E-state index contributed by atoms with van der Waals surface area (Å²) in [7, 11) is -0.930. The summed E-state index contributed by atoms with van der Waals surface area (Å²) in [4.78, 5) is 0.908. The molecule has 1 rings (SSSR count). The summed E-state index contributed by atoms with van der Waals surface area (Å²) in [5.41, 5.74) is 6.76. The number of benzene rings is 1. The molecule has 90 valence electrons. The van der Waals surface area contributed by atoms with Crippen LogP contribution in [0.4, 0.5) is 0 Å². The van der Waals surface area contributed by atoms with Crippen LogP contribution >= 0.6 is 0 Å². The second kappa shape index (κ2) is 6.16. The van der Waals surface area contributed by atoms with Crippen molar-refractivity contribution in [1.82, 2.24) is 0 Å². The maximum atomic E-state index is 12.1. The summed E-state index contributed by atoms with van der Waals surface area (Å²) >= 11 is 0. The molecular formula is C13H21NOS. The minimum absolute atomic E-state index is 0.134. The minimum atomic E-state index is -0.930. The first-order chi connectivity index (χ1) is 7.56. The zero-order valence-corrected chi connectivity index (χ0v) is 11.1. The largest absolute Gasteiger partial charge is 0.330 e. The van der Waals surface area contributed by atoms with Crippen LogP contribution in [0.25, 0.3) is 0 Å². The second-order valence-electron chi connectivity index (χ2n) is 4.41. The van der Waals surface area contributed by atoms with Gasteiger partial charge in [0.2, 0.25) is 0 Å². The Kier molecular flexibility index (Phi) is 5.16. The van der Waals surface area contributed by atoms with Gasteiger partial charge in [-0.15, -0.1) is 0 Å². The van der Waals surface area contributed by atoms with Gasteiger partial charge < -0.3 is 5.73 Å². The fourth-order valence-corrected chi connectivity index (χ4v) is 2.78. The Morgan fingerprint density at radius 3 is 2.19 bits per heavy atom. The van der Waals surface area contributed by atoms with E-state index in [1.54, 1.807) is 0 Å². The van der Waals surface area contributed by atoms with E-state index < -0.39 is 10.8 Å². The predicted octanol–water partition coefficient (Wildman–Crippen LogP) is 2.65. The molecule has 16 heavy (non-hydrogen) atoms. The van der Waals surface area contributed by atoms with Crippen molar-refractivity contribution in [2.45, 2.75) is 43.3 Å². The lowest BCUT2D eigenvalue weighted by Gasteiger charge is -2.11. The zero-order chi connectivity index (χ0) is 12.1. The summed E-state index contributed by atoms with van der Waals surface area (Å²) in [6.45, 7) is 6.89. The molecule has 0 aromatic heterocycles. The van der Waals surface area contributed by atoms with E-state index >= 15 is 0 Å². The van der Waals surface area contributed by atoms with Crippen molar-refractivity contribution in [3.05, 3.63) is 29.8 Å². The third-order valence-corrected chi connectivity index (χ3v) is 4.42. The summed E-state index contributed by atoms with van der Waals surface area (Å²) in [5, 5.41) is 0.134. The molecule has 1 aromatic carbocycles. The number of nitrogens with two attached hydrogens (primary N) is 1. The molecule has 0 heterocycles. The van der Waals surface area contributed by atoms with E-state index in [-0.39, 0.29) is 5.25 Å². The van der Waals surface area contributed by atoms with Gasteiger partial charge in [-0.05, 0) is 36.6 Å². The molecule has 0 fully saturated rings. The van der Waals surface area contributed by atoms with Crippen LogP contribution in [-0.4, -0.2) is 16.0 Å². The highest BCUT2D eigenvalue weighted by molar-refractivity contribution is 7.85. The standard InChI is InChI=1S/C13H21NOS/c1-10(2)12-4-6-13(7-5-12)16(15)11(3)8-9-14/h4-7,10-11H,8-9,14H2,1-3H3. The number of hydrogen-bond donors (Lipinski definition) is 1. The molecule has 0 saturated heterocycles. The first kappa shape index (κ1) is 13.4. The van der Waals surface area contributed by atoms with Gasteiger partial charge in [-0.3, -0.25) is 4.21 Å². The van der Waals surface area contributed by atoms with E-state index in [0.717, 1.165) is 11.3 Å². The average molecular weight is 239 g/mol. The molecule has 0 spiro atoms. The molecule has 0 aliphatic heterocycles. The summed E-state index contributed by atoms with van der Waals surface area (Å²) in [6, 6.07) is 8.07. The van der Waals surface area contributed by atoms with Crippen LogP contribution in [-0.2, 0) is 10.8 Å². The SMILES string of the molecule is CC(C)c1ccc(S(=O)C(C)CCN)cc1. The molecule has 2 N–H and O–H groups in total. The van der Waals surface area contributed by atoms with E-state index in [1.807, 2.05) is 19.1 Å². The van der Waals surface area contributed by atoms with Crippen molar-refractivity contribution in [2.75, 3.05) is 6.54 Å². The van der Waals surface area contributed by atoms with Crippen LogP contribution in [0.2, 0.25) is 0 Å². The second-order valence-corrected chi connectivity index (χ2v) is 6.28. The normalized spacial score (nSPS) is 15.1. The molecular weight excluding hydrogens is 218 g/mol. The van der Waals surface area contributed by atoms with E-state index in [2.05, 4.69) is 26.0 Å². The number of rotatable bonds is 5. The molecule has 0 saturated carbocycles. The van der Waals surface area contributed by atoms with Crippen molar-refractivity contribution in [3.8, 4) is 0 Å². The maximum absolute atomic E-state index is 12.1. The quantitative estimate of drug-likeness (QED) is 0.858. The Morgan fingerprint density at radius 2 is 1.75 bits per heavy atom. The van der Waals surface area contributed by atoms with Crippen molar-refractivity contribution >= 4 is 10.8 Å². The van der Waals surface area contributed by atoms with Gasteiger partial charge in [-0.1, -0.05) is 32.9 Å². The van der Waals surface area contributed by atoms with Crippen LogP contribution in [0.5, 0.6) is 0 Å². The first-order valence-corrected chi connectivity index (χ1v) is 6.98. The highest BCUT2D eigenvalue weighted by atomic mass is 32.2. The zero-order valence-electron chi connectivity index (χ0n) is 10.3. The average Bonchev–Trinajstić information content (AvgIpc) is 2.28. The van der Waals surface area contributed by atoms with Gasteiger partial charge in [0, 0.05) is 10.1 Å². The predicted molar refractivity (Wildman–Crippen MR) is 70.1 cm³/mol. The Bertz CT molecular complexity index is 345. The summed E-state index contributed by atoms with van der Waals surface area (Å²) in [5.74, 6) is 0.518. The fraction of sp³-hybridized carbons (Fsp3) is 0.538. The van der Waals surface area contributed by atoms with E-state index in [1.165, 1.54) is 5.56 Å². The fourth-order valence-electron chi connectivity index (χ4n) is 1.56. The third-order valence-electron chi connectivity index (χ3n) is 2.72. The van der Waals surface area contributed by atoms with Gasteiger partial charge in [0.15, 0.2) is 0 Å². The van der Waals surface area contributed by atoms with Crippen LogP contribution < -0.4 is 5.73 Å². The molecule has 2 atom stereocenters. The van der Waals surface area contributed by atoms with Gasteiger partial charge in [0.05, 0.1) is 10.8 Å². The highest BCUT2D eigenvalue weighted by Crippen LogP contribution is 2.18. The summed E-state index contributed by atoms with van der Waals surface area (Å²) < 4.78 is 12.1. The van der Waals surface area contributed by atoms with Crippen LogP contribution in [0.15, 0.2) is 29.2 Å². The van der Waals surface area contributed by atoms with Crippen LogP contribution in [0, 0.1) is 0 Å². The van der Waals surface area contributed by atoms with Crippen molar-refractivity contribution in [3.63, 3.8) is 0 Å². The van der Waals surface area contributed by atoms with Crippen molar-refractivity contribution in [1.29, 1.82) is 0 Å². The summed E-state index contributed by atoms with van der Waals surface area (Å²) in [6.07, 6.45) is 0.804. The lowest BCUT2D eigenvalue weighted by molar-refractivity contribution is 0.666. The van der Waals surface area contributed by atoms with Gasteiger partial charge in [-0.25, -0.2) is 0 Å². The van der Waals surface area contributed by atoms with E-state index in [0.29, 0.717) is 12.5 Å². The first-order valence-electron chi connectivity index (χ1n) is 5.77. The molecule has 2 unspecified atom stereocenters. The lowest BCUT2D eigenvalue weighted by Crippen LogP contribution is -2.16. The molecule has 0 bridgehead atoms. The van der Waals surface area contributed by atoms with Crippen LogP contribution in [0.1, 0.15) is 38.7 Å². The van der Waals surface area contributed by atoms with Gasteiger partial charge in [-0.2, -0.15) is 0 Å². The Morgan fingerprint density at radius 1 is 1.19 bits per heavy atom. The minimum Gasteiger partial charge on any atom is -0.330 e. The Labute approximate surface area is 101 Å². The molecule has 0 amide bonds.